The molecule has 0 bridgehead atoms. The Bertz CT molecular complexity index is 1160. The van der Waals surface area contributed by atoms with Gasteiger partial charge in [-0.3, -0.25) is 10.2 Å². The molecule has 1 heterocycles. The molecule has 0 radical (unpaired) electrons. The molecular formula is C27H26N2O3. The van der Waals surface area contributed by atoms with Gasteiger partial charge in [0.15, 0.2) is 0 Å². The maximum Gasteiger partial charge on any atom is 0.251 e. The van der Waals surface area contributed by atoms with E-state index >= 15 is 0 Å². The van der Waals surface area contributed by atoms with Crippen molar-refractivity contribution < 1.29 is 14.3 Å². The molecule has 1 amide bonds. The third kappa shape index (κ3) is 4.89. The monoisotopic (exact) mass is 426 g/mol. The molecule has 0 aromatic heterocycles. The van der Waals surface area contributed by atoms with E-state index in [2.05, 4.69) is 42.6 Å². The van der Waals surface area contributed by atoms with E-state index in [0.29, 0.717) is 36.5 Å². The lowest BCUT2D eigenvalue weighted by Gasteiger charge is -2.09. The van der Waals surface area contributed by atoms with Crippen LogP contribution >= 0.6 is 0 Å². The fraction of sp³-hybridized carbons (Fsp3) is 0.185. The van der Waals surface area contributed by atoms with Crippen LogP contribution in [-0.4, -0.2) is 25.0 Å². The Morgan fingerprint density at radius 1 is 1.03 bits per heavy atom. The number of carbonyl (C=O) groups excluding carboxylic acids is 1. The van der Waals surface area contributed by atoms with Crippen molar-refractivity contribution in [2.45, 2.75) is 20.3 Å². The lowest BCUT2D eigenvalue weighted by molar-refractivity contribution is -0.113. The van der Waals surface area contributed by atoms with Gasteiger partial charge in [-0.2, -0.15) is 0 Å². The van der Waals surface area contributed by atoms with Crippen molar-refractivity contribution >= 4 is 23.6 Å². The van der Waals surface area contributed by atoms with E-state index in [4.69, 9.17) is 14.9 Å². The minimum atomic E-state index is -0.158. The zero-order chi connectivity index (χ0) is 22.5. The van der Waals surface area contributed by atoms with E-state index in [1.807, 2.05) is 25.1 Å². The van der Waals surface area contributed by atoms with Gasteiger partial charge < -0.3 is 14.8 Å². The summed E-state index contributed by atoms with van der Waals surface area (Å²) in [7, 11) is 0. The van der Waals surface area contributed by atoms with Crippen LogP contribution in [0.4, 0.5) is 5.69 Å². The number of nitrogens with one attached hydrogen (secondary N) is 2. The highest BCUT2D eigenvalue weighted by molar-refractivity contribution is 6.07. The number of carbonyl (C=O) groups is 1. The number of fused-ring (bicyclic) bond motifs is 1. The molecule has 0 aliphatic carbocycles. The molecule has 0 unspecified atom stereocenters. The van der Waals surface area contributed by atoms with Crippen molar-refractivity contribution in [3.63, 3.8) is 0 Å². The summed E-state index contributed by atoms with van der Waals surface area (Å²) in [6.07, 6.45) is 2.43. The molecule has 0 atom stereocenters. The lowest BCUT2D eigenvalue weighted by atomic mass is 10.00. The summed E-state index contributed by atoms with van der Waals surface area (Å²) in [4.78, 5) is 12.9. The van der Waals surface area contributed by atoms with Gasteiger partial charge in [0.2, 0.25) is 5.90 Å². The summed E-state index contributed by atoms with van der Waals surface area (Å²) in [5.74, 6) is 0.743. The summed E-state index contributed by atoms with van der Waals surface area (Å²) >= 11 is 0. The van der Waals surface area contributed by atoms with Crippen molar-refractivity contribution in [1.82, 2.24) is 0 Å². The van der Waals surface area contributed by atoms with Gasteiger partial charge in [0.25, 0.3) is 5.91 Å². The molecule has 0 fully saturated rings. The van der Waals surface area contributed by atoms with Crippen molar-refractivity contribution in [3.05, 3.63) is 89.0 Å². The number of anilines is 1. The Hall–Kier alpha value is -3.86. The van der Waals surface area contributed by atoms with Crippen LogP contribution in [0.15, 0.2) is 72.3 Å². The molecule has 162 valence electrons. The molecule has 0 saturated carbocycles. The number of hydrogen-bond acceptors (Lipinski definition) is 4. The smallest absolute Gasteiger partial charge is 0.251 e. The van der Waals surface area contributed by atoms with Crippen LogP contribution in [0.25, 0.3) is 17.2 Å². The van der Waals surface area contributed by atoms with Gasteiger partial charge in [-0.1, -0.05) is 35.9 Å². The van der Waals surface area contributed by atoms with Crippen LogP contribution in [0.2, 0.25) is 0 Å². The predicted octanol–water partition coefficient (Wildman–Crippen LogP) is 5.83. The highest BCUT2D eigenvalue weighted by Gasteiger charge is 2.16. The predicted molar refractivity (Wildman–Crippen MR) is 128 cm³/mol. The average molecular weight is 427 g/mol. The molecule has 2 N–H and O–H groups in total. The zero-order valence-electron chi connectivity index (χ0n) is 18.3. The Balaban J connectivity index is 1.54. The molecular weight excluding hydrogens is 400 g/mol. The fourth-order valence-electron chi connectivity index (χ4n) is 3.57. The van der Waals surface area contributed by atoms with E-state index in [-0.39, 0.29) is 11.8 Å². The van der Waals surface area contributed by atoms with Crippen molar-refractivity contribution in [2.75, 3.05) is 18.5 Å². The first-order valence-electron chi connectivity index (χ1n) is 10.7. The highest BCUT2D eigenvalue weighted by atomic mass is 16.5. The molecule has 4 rings (SSSR count). The molecule has 5 nitrogen and oxygen atoms in total. The number of benzene rings is 3. The Morgan fingerprint density at radius 3 is 2.47 bits per heavy atom. The van der Waals surface area contributed by atoms with Gasteiger partial charge in [0.05, 0.1) is 13.2 Å². The summed E-state index contributed by atoms with van der Waals surface area (Å²) in [5.41, 5.74) is 6.32. The van der Waals surface area contributed by atoms with Crippen LogP contribution in [0.3, 0.4) is 0 Å². The number of amides is 1. The van der Waals surface area contributed by atoms with E-state index in [1.54, 1.807) is 24.3 Å². The second-order valence-electron chi connectivity index (χ2n) is 7.68. The lowest BCUT2D eigenvalue weighted by Crippen LogP contribution is -2.15. The molecule has 32 heavy (non-hydrogen) atoms. The van der Waals surface area contributed by atoms with Gasteiger partial charge in [0, 0.05) is 28.8 Å². The van der Waals surface area contributed by atoms with E-state index in [9.17, 15) is 4.79 Å². The Morgan fingerprint density at radius 2 is 1.75 bits per heavy atom. The molecule has 1 aliphatic rings. The number of ether oxygens (including phenoxy) is 2. The standard InChI is InChI=1S/C27H26N2O3/c1-3-31-26(28)20-8-11-24(12-9-20)29-27(30)22-14-15-32-25-13-10-21(16-23(25)17-22)19-6-4-18(2)5-7-19/h4-13,16-17,28H,3,14-15H2,1-2H3,(H,29,30). The molecule has 3 aromatic carbocycles. The zero-order valence-corrected chi connectivity index (χ0v) is 18.3. The topological polar surface area (TPSA) is 71.4 Å². The van der Waals surface area contributed by atoms with Crippen LogP contribution in [0, 0.1) is 12.3 Å². The molecule has 3 aromatic rings. The number of aryl methyl sites for hydroxylation is 1. The highest BCUT2D eigenvalue weighted by Crippen LogP contribution is 2.31. The third-order valence-electron chi connectivity index (χ3n) is 5.34. The first-order valence-corrected chi connectivity index (χ1v) is 10.7. The molecule has 5 heteroatoms. The van der Waals surface area contributed by atoms with E-state index in [1.165, 1.54) is 5.56 Å². The van der Waals surface area contributed by atoms with Crippen molar-refractivity contribution in [3.8, 4) is 16.9 Å². The van der Waals surface area contributed by atoms with Crippen LogP contribution < -0.4 is 10.1 Å². The maximum absolute atomic E-state index is 12.9. The average Bonchev–Trinajstić information content (AvgIpc) is 3.02. The van der Waals surface area contributed by atoms with Crippen LogP contribution in [0.5, 0.6) is 5.75 Å². The van der Waals surface area contributed by atoms with Gasteiger partial charge in [-0.25, -0.2) is 0 Å². The summed E-state index contributed by atoms with van der Waals surface area (Å²) < 4.78 is 11.1. The SMILES string of the molecule is CCOC(=N)c1ccc(NC(=O)C2=Cc3cc(-c4ccc(C)cc4)ccc3OCC2)cc1. The fourth-order valence-corrected chi connectivity index (χ4v) is 3.57. The first-order chi connectivity index (χ1) is 15.5. The minimum absolute atomic E-state index is 0.120. The first kappa shape index (κ1) is 21.4. The van der Waals surface area contributed by atoms with Gasteiger partial charge in [-0.05, 0) is 67.4 Å². The van der Waals surface area contributed by atoms with E-state index < -0.39 is 0 Å². The molecule has 1 aliphatic heterocycles. The maximum atomic E-state index is 12.9. The second kappa shape index (κ2) is 9.52. The van der Waals surface area contributed by atoms with Crippen molar-refractivity contribution in [2.24, 2.45) is 0 Å². The summed E-state index contributed by atoms with van der Waals surface area (Å²) in [6.45, 7) is 4.80. The summed E-state index contributed by atoms with van der Waals surface area (Å²) in [6, 6.07) is 21.5. The number of hydrogen-bond donors (Lipinski definition) is 2. The molecule has 0 spiro atoms. The second-order valence-corrected chi connectivity index (χ2v) is 7.68. The van der Waals surface area contributed by atoms with Crippen molar-refractivity contribution in [1.29, 1.82) is 5.41 Å². The Labute approximate surface area is 188 Å². The van der Waals surface area contributed by atoms with Gasteiger partial charge >= 0.3 is 0 Å². The van der Waals surface area contributed by atoms with E-state index in [0.717, 1.165) is 22.4 Å². The third-order valence-corrected chi connectivity index (χ3v) is 5.34. The number of rotatable bonds is 5. The Kier molecular flexibility index (Phi) is 6.36. The normalized spacial score (nSPS) is 12.6. The summed E-state index contributed by atoms with van der Waals surface area (Å²) in [5, 5.41) is 10.8. The van der Waals surface area contributed by atoms with Crippen LogP contribution in [0.1, 0.15) is 30.0 Å². The minimum Gasteiger partial charge on any atom is -0.493 e. The van der Waals surface area contributed by atoms with Gasteiger partial charge in [0.1, 0.15) is 5.75 Å². The van der Waals surface area contributed by atoms with Gasteiger partial charge in [-0.15, -0.1) is 0 Å². The molecule has 0 saturated heterocycles. The van der Waals surface area contributed by atoms with Crippen LogP contribution in [-0.2, 0) is 9.53 Å². The quantitative estimate of drug-likeness (QED) is 0.398. The largest absolute Gasteiger partial charge is 0.493 e.